The first-order valence-electron chi connectivity index (χ1n) is 5.53. The van der Waals surface area contributed by atoms with Gasteiger partial charge < -0.3 is 0 Å². The minimum atomic E-state index is -0.545. The van der Waals surface area contributed by atoms with Gasteiger partial charge in [0.2, 0.25) is 0 Å². The smallest absolute Gasteiger partial charge is 0.272 e. The van der Waals surface area contributed by atoms with Gasteiger partial charge in [-0.2, -0.15) is 0 Å². The largest absolute Gasteiger partial charge is 0.299 e. The van der Waals surface area contributed by atoms with Crippen molar-refractivity contribution in [3.8, 4) is 0 Å². The second-order valence-electron chi connectivity index (χ2n) is 4.27. The quantitative estimate of drug-likeness (QED) is 0.584. The van der Waals surface area contributed by atoms with Crippen molar-refractivity contribution >= 4 is 11.5 Å². The van der Waals surface area contributed by atoms with E-state index in [1.807, 2.05) is 0 Å². The van der Waals surface area contributed by atoms with Crippen LogP contribution in [0.3, 0.4) is 0 Å². The molecular weight excluding hydrogens is 225 g/mol. The fourth-order valence-electron chi connectivity index (χ4n) is 1.80. The molecule has 90 valence electrons. The second kappa shape index (κ2) is 4.61. The predicted molar refractivity (Wildman–Crippen MR) is 59.1 cm³/mol. The molecule has 0 saturated heterocycles. The van der Waals surface area contributed by atoms with E-state index >= 15 is 0 Å². The molecule has 1 aromatic rings. The number of benzene rings is 1. The number of nitro benzene ring substituents is 1. The Kier molecular flexibility index (Phi) is 3.17. The number of ketones is 1. The highest BCUT2D eigenvalue weighted by Crippen LogP contribution is 2.32. The topological polar surface area (TPSA) is 60.2 Å². The number of carbonyl (C=O) groups is 1. The van der Waals surface area contributed by atoms with Crippen LogP contribution in [0.25, 0.3) is 0 Å². The summed E-state index contributed by atoms with van der Waals surface area (Å²) in [4.78, 5) is 21.7. The summed E-state index contributed by atoms with van der Waals surface area (Å²) in [5, 5.41) is 10.7. The number of Topliss-reactive ketones (excluding diaryl/α,β-unsaturated/α-hetero) is 1. The van der Waals surface area contributed by atoms with Gasteiger partial charge in [-0.25, -0.2) is 4.39 Å². The molecule has 5 heteroatoms. The third-order valence-corrected chi connectivity index (χ3v) is 2.91. The molecule has 1 fully saturated rings. The molecule has 0 spiro atoms. The molecule has 0 unspecified atom stereocenters. The lowest BCUT2D eigenvalue weighted by Gasteiger charge is -2.02. The fourth-order valence-corrected chi connectivity index (χ4v) is 1.80. The van der Waals surface area contributed by atoms with E-state index in [9.17, 15) is 19.3 Å². The molecule has 1 aromatic carbocycles. The summed E-state index contributed by atoms with van der Waals surface area (Å²) in [6.07, 6.45) is 2.34. The molecule has 0 amide bonds. The maximum atomic E-state index is 13.0. The number of hydrogen-bond acceptors (Lipinski definition) is 3. The maximum absolute atomic E-state index is 13.0. The molecule has 0 aromatic heterocycles. The maximum Gasteiger partial charge on any atom is 0.272 e. The number of rotatable bonds is 5. The number of hydrogen-bond donors (Lipinski definition) is 0. The molecule has 1 saturated carbocycles. The van der Waals surface area contributed by atoms with E-state index in [2.05, 4.69) is 0 Å². The summed E-state index contributed by atoms with van der Waals surface area (Å²) in [6, 6.07) is 3.34. The van der Waals surface area contributed by atoms with Crippen LogP contribution < -0.4 is 0 Å². The SMILES string of the molecule is O=C(CCc1cc(F)ccc1[N+](=O)[O-])C1CC1. The predicted octanol–water partition coefficient (Wildman–Crippen LogP) is 2.65. The Morgan fingerprint density at radius 3 is 2.76 bits per heavy atom. The molecule has 1 aliphatic rings. The van der Waals surface area contributed by atoms with Crippen LogP contribution in [-0.2, 0) is 11.2 Å². The van der Waals surface area contributed by atoms with Crippen LogP contribution in [0.2, 0.25) is 0 Å². The summed E-state index contributed by atoms with van der Waals surface area (Å²) >= 11 is 0. The second-order valence-corrected chi connectivity index (χ2v) is 4.27. The Morgan fingerprint density at radius 1 is 1.47 bits per heavy atom. The lowest BCUT2D eigenvalue weighted by Crippen LogP contribution is -2.04. The summed E-state index contributed by atoms with van der Waals surface area (Å²) in [5.41, 5.74) is 0.180. The highest BCUT2D eigenvalue weighted by atomic mass is 19.1. The molecular formula is C12H12FNO3. The fraction of sp³-hybridized carbons (Fsp3) is 0.417. The van der Waals surface area contributed by atoms with Crippen molar-refractivity contribution in [3.63, 3.8) is 0 Å². The first kappa shape index (κ1) is 11.7. The average Bonchev–Trinajstić information content (AvgIpc) is 3.09. The lowest BCUT2D eigenvalue weighted by atomic mass is 10.0. The number of nitro groups is 1. The molecule has 0 N–H and O–H groups in total. The summed E-state index contributed by atoms with van der Waals surface area (Å²) in [7, 11) is 0. The zero-order chi connectivity index (χ0) is 12.4. The Morgan fingerprint density at radius 2 is 2.18 bits per heavy atom. The molecule has 0 radical (unpaired) electrons. The van der Waals surface area contributed by atoms with E-state index in [0.717, 1.165) is 31.0 Å². The first-order valence-corrected chi connectivity index (χ1v) is 5.53. The van der Waals surface area contributed by atoms with Gasteiger partial charge in [0.05, 0.1) is 4.92 Å². The zero-order valence-electron chi connectivity index (χ0n) is 9.19. The van der Waals surface area contributed by atoms with Crippen molar-refractivity contribution in [3.05, 3.63) is 39.7 Å². The Bertz CT molecular complexity index is 469. The Balaban J connectivity index is 2.09. The van der Waals surface area contributed by atoms with Crippen LogP contribution in [0.1, 0.15) is 24.8 Å². The standard InChI is InChI=1S/C12H12FNO3/c13-10-4-5-11(14(16)17)9(7-10)3-6-12(15)8-1-2-8/h4-5,7-8H,1-3,6H2. The highest BCUT2D eigenvalue weighted by Gasteiger charge is 2.29. The summed E-state index contributed by atoms with van der Waals surface area (Å²) < 4.78 is 13.0. The van der Waals surface area contributed by atoms with Crippen LogP contribution in [0, 0.1) is 21.8 Å². The molecule has 17 heavy (non-hydrogen) atoms. The van der Waals surface area contributed by atoms with E-state index in [-0.39, 0.29) is 30.2 Å². The van der Waals surface area contributed by atoms with Crippen molar-refractivity contribution < 1.29 is 14.1 Å². The van der Waals surface area contributed by atoms with Gasteiger partial charge in [0.25, 0.3) is 5.69 Å². The van der Waals surface area contributed by atoms with E-state index in [0.29, 0.717) is 5.56 Å². The molecule has 0 bridgehead atoms. The van der Waals surface area contributed by atoms with Gasteiger partial charge >= 0.3 is 0 Å². The van der Waals surface area contributed by atoms with E-state index in [1.54, 1.807) is 0 Å². The Hall–Kier alpha value is -1.78. The number of nitrogens with zero attached hydrogens (tertiary/aromatic N) is 1. The van der Waals surface area contributed by atoms with Crippen molar-refractivity contribution in [2.24, 2.45) is 5.92 Å². The van der Waals surface area contributed by atoms with Gasteiger partial charge in [-0.1, -0.05) is 0 Å². The average molecular weight is 237 g/mol. The molecule has 4 nitrogen and oxygen atoms in total. The van der Waals surface area contributed by atoms with E-state index < -0.39 is 10.7 Å². The van der Waals surface area contributed by atoms with Crippen molar-refractivity contribution in [1.29, 1.82) is 0 Å². The van der Waals surface area contributed by atoms with Gasteiger partial charge in [0.15, 0.2) is 0 Å². The number of halogens is 1. The summed E-state index contributed by atoms with van der Waals surface area (Å²) in [5.74, 6) is -0.240. The zero-order valence-corrected chi connectivity index (χ0v) is 9.19. The minimum Gasteiger partial charge on any atom is -0.299 e. The summed E-state index contributed by atoms with van der Waals surface area (Å²) in [6.45, 7) is 0. The molecule has 0 atom stereocenters. The van der Waals surface area contributed by atoms with Gasteiger partial charge in [-0.15, -0.1) is 0 Å². The molecule has 0 heterocycles. The van der Waals surface area contributed by atoms with Crippen LogP contribution in [-0.4, -0.2) is 10.7 Å². The first-order chi connectivity index (χ1) is 8.08. The van der Waals surface area contributed by atoms with Crippen LogP contribution in [0.15, 0.2) is 18.2 Å². The van der Waals surface area contributed by atoms with Crippen LogP contribution in [0.4, 0.5) is 10.1 Å². The van der Waals surface area contributed by atoms with Crippen molar-refractivity contribution in [2.45, 2.75) is 25.7 Å². The molecule has 2 rings (SSSR count). The lowest BCUT2D eigenvalue weighted by molar-refractivity contribution is -0.385. The Labute approximate surface area is 97.6 Å². The third-order valence-electron chi connectivity index (χ3n) is 2.91. The number of carbonyl (C=O) groups excluding carboxylic acids is 1. The van der Waals surface area contributed by atoms with E-state index in [1.165, 1.54) is 0 Å². The highest BCUT2D eigenvalue weighted by molar-refractivity contribution is 5.83. The van der Waals surface area contributed by atoms with Crippen molar-refractivity contribution in [2.75, 3.05) is 0 Å². The van der Waals surface area contributed by atoms with Crippen LogP contribution in [0.5, 0.6) is 0 Å². The third kappa shape index (κ3) is 2.87. The van der Waals surface area contributed by atoms with Gasteiger partial charge in [-0.3, -0.25) is 14.9 Å². The minimum absolute atomic E-state index is 0.116. The van der Waals surface area contributed by atoms with Gasteiger partial charge in [-0.05, 0) is 31.4 Å². The van der Waals surface area contributed by atoms with Gasteiger partial charge in [0, 0.05) is 24.0 Å². The van der Waals surface area contributed by atoms with Gasteiger partial charge in [0.1, 0.15) is 11.6 Å². The normalized spacial score (nSPS) is 14.6. The molecule has 1 aliphatic carbocycles. The monoisotopic (exact) mass is 237 g/mol. The number of aryl methyl sites for hydroxylation is 1. The van der Waals surface area contributed by atoms with Crippen molar-refractivity contribution in [1.82, 2.24) is 0 Å². The van der Waals surface area contributed by atoms with Crippen LogP contribution >= 0.6 is 0 Å². The molecule has 0 aliphatic heterocycles. The van der Waals surface area contributed by atoms with E-state index in [4.69, 9.17) is 0 Å².